The second-order valence-electron chi connectivity index (χ2n) is 4.81. The van der Waals surface area contributed by atoms with Gasteiger partial charge in [0, 0.05) is 19.1 Å². The number of carbonyl (C=O) groups excluding carboxylic acids is 2. The predicted molar refractivity (Wildman–Crippen MR) is 61.4 cm³/mol. The van der Waals surface area contributed by atoms with Crippen molar-refractivity contribution in [2.45, 2.75) is 43.9 Å². The number of hydrogen-bond donors (Lipinski definition) is 3. The van der Waals surface area contributed by atoms with Crippen LogP contribution in [0, 0.1) is 0 Å². The van der Waals surface area contributed by atoms with Gasteiger partial charge in [0.15, 0.2) is 0 Å². The summed E-state index contributed by atoms with van der Waals surface area (Å²) in [6, 6.07) is 0.109. The molecule has 2 atom stereocenters. The maximum atomic E-state index is 11.6. The van der Waals surface area contributed by atoms with Gasteiger partial charge in [0.25, 0.3) is 0 Å². The number of piperidine rings is 1. The van der Waals surface area contributed by atoms with Crippen LogP contribution in [-0.2, 0) is 4.79 Å². The number of imide groups is 1. The lowest BCUT2D eigenvalue weighted by Crippen LogP contribution is -2.50. The maximum Gasteiger partial charge on any atom is 0.321 e. The van der Waals surface area contributed by atoms with Crippen LogP contribution in [0.15, 0.2) is 0 Å². The highest BCUT2D eigenvalue weighted by Crippen LogP contribution is 2.35. The smallest absolute Gasteiger partial charge is 0.321 e. The van der Waals surface area contributed by atoms with Crippen LogP contribution in [0.2, 0.25) is 0 Å². The monoisotopic (exact) mass is 241 g/mol. The third kappa shape index (κ3) is 2.76. The Morgan fingerprint density at radius 3 is 2.41 bits per heavy atom. The van der Waals surface area contributed by atoms with Crippen molar-refractivity contribution in [1.82, 2.24) is 15.5 Å². The van der Waals surface area contributed by atoms with E-state index in [1.165, 1.54) is 7.05 Å². The molecule has 0 aromatic rings. The third-order valence-corrected chi connectivity index (χ3v) is 3.67. The van der Waals surface area contributed by atoms with E-state index in [0.29, 0.717) is 12.1 Å². The zero-order chi connectivity index (χ0) is 12.4. The normalized spacial score (nSPS) is 32.2. The van der Waals surface area contributed by atoms with Gasteiger partial charge in [-0.15, -0.1) is 0 Å². The minimum atomic E-state index is -0.473. The van der Waals surface area contributed by atoms with Crippen molar-refractivity contribution in [2.24, 2.45) is 0 Å². The zero-order valence-corrected chi connectivity index (χ0v) is 9.98. The lowest BCUT2D eigenvalue weighted by Gasteiger charge is -2.36. The molecule has 2 heterocycles. The summed E-state index contributed by atoms with van der Waals surface area (Å²) in [5, 5.41) is 14.2. The molecule has 2 saturated heterocycles. The Kier molecular flexibility index (Phi) is 3.63. The van der Waals surface area contributed by atoms with Gasteiger partial charge in [-0.2, -0.15) is 0 Å². The van der Waals surface area contributed by atoms with E-state index in [9.17, 15) is 14.7 Å². The summed E-state index contributed by atoms with van der Waals surface area (Å²) in [7, 11) is 1.48. The number of rotatable bonds is 2. The number of hydrogen-bond acceptors (Lipinski definition) is 4. The summed E-state index contributed by atoms with van der Waals surface area (Å²) in [4.78, 5) is 24.7. The third-order valence-electron chi connectivity index (χ3n) is 3.67. The molecule has 0 aromatic heterocycles. The molecule has 0 spiro atoms. The number of aliphatic hydroxyl groups excluding tert-OH is 1. The van der Waals surface area contributed by atoms with E-state index in [1.54, 1.807) is 0 Å². The molecule has 2 bridgehead atoms. The first-order valence-electron chi connectivity index (χ1n) is 6.05. The van der Waals surface area contributed by atoms with Crippen LogP contribution in [0.4, 0.5) is 4.79 Å². The van der Waals surface area contributed by atoms with Gasteiger partial charge in [0.2, 0.25) is 5.91 Å². The molecule has 2 unspecified atom stereocenters. The van der Waals surface area contributed by atoms with E-state index in [0.717, 1.165) is 25.7 Å². The minimum Gasteiger partial charge on any atom is -0.393 e. The molecule has 0 aromatic carbocycles. The fourth-order valence-corrected chi connectivity index (χ4v) is 2.90. The molecule has 2 fully saturated rings. The molecular weight excluding hydrogens is 222 g/mol. The molecule has 17 heavy (non-hydrogen) atoms. The van der Waals surface area contributed by atoms with Crippen LogP contribution < -0.4 is 10.6 Å². The van der Waals surface area contributed by atoms with Gasteiger partial charge < -0.3 is 10.4 Å². The molecule has 0 radical (unpaired) electrons. The highest BCUT2D eigenvalue weighted by atomic mass is 16.3. The van der Waals surface area contributed by atoms with Crippen LogP contribution in [0.25, 0.3) is 0 Å². The number of fused-ring (bicyclic) bond motifs is 2. The van der Waals surface area contributed by atoms with Crippen LogP contribution in [0.1, 0.15) is 25.7 Å². The van der Waals surface area contributed by atoms with Crippen molar-refractivity contribution >= 4 is 11.9 Å². The Hall–Kier alpha value is -1.14. The number of nitrogens with one attached hydrogen (secondary N) is 2. The van der Waals surface area contributed by atoms with E-state index in [4.69, 9.17) is 0 Å². The summed E-state index contributed by atoms with van der Waals surface area (Å²) < 4.78 is 0. The van der Waals surface area contributed by atoms with Crippen molar-refractivity contribution in [3.8, 4) is 0 Å². The first-order valence-corrected chi connectivity index (χ1v) is 6.05. The quantitative estimate of drug-likeness (QED) is 0.604. The molecule has 0 saturated carbocycles. The van der Waals surface area contributed by atoms with Crippen LogP contribution >= 0.6 is 0 Å². The first-order chi connectivity index (χ1) is 8.10. The summed E-state index contributed by atoms with van der Waals surface area (Å²) in [6.45, 7) is 0.246. The van der Waals surface area contributed by atoms with Gasteiger partial charge in [-0.1, -0.05) is 0 Å². The fraction of sp³-hybridized carbons (Fsp3) is 0.818. The number of amides is 3. The average molecular weight is 241 g/mol. The summed E-state index contributed by atoms with van der Waals surface area (Å²) in [5.41, 5.74) is 0. The van der Waals surface area contributed by atoms with E-state index in [-0.39, 0.29) is 18.6 Å². The summed E-state index contributed by atoms with van der Waals surface area (Å²) in [6.07, 6.45) is 3.32. The summed E-state index contributed by atoms with van der Waals surface area (Å²) in [5.74, 6) is -0.280. The highest BCUT2D eigenvalue weighted by molar-refractivity contribution is 5.95. The second kappa shape index (κ2) is 5.01. The Labute approximate surface area is 100 Å². The van der Waals surface area contributed by atoms with Gasteiger partial charge in [0.1, 0.15) is 0 Å². The Morgan fingerprint density at radius 1 is 1.29 bits per heavy atom. The SMILES string of the molecule is CNC(=O)NC(=O)CN1C2CCC1CC(O)C2. The van der Waals surface area contributed by atoms with E-state index in [2.05, 4.69) is 15.5 Å². The van der Waals surface area contributed by atoms with Crippen molar-refractivity contribution in [3.05, 3.63) is 0 Å². The van der Waals surface area contributed by atoms with Crippen molar-refractivity contribution < 1.29 is 14.7 Å². The first kappa shape index (κ1) is 12.3. The standard InChI is InChI=1S/C11H19N3O3/c1-12-11(17)13-10(16)6-14-7-2-3-8(14)5-9(15)4-7/h7-9,15H,2-6H2,1H3,(H2,12,13,16,17). The molecule has 2 rings (SSSR count). The molecule has 2 aliphatic heterocycles. The molecule has 96 valence electrons. The van der Waals surface area contributed by atoms with E-state index in [1.807, 2.05) is 0 Å². The summed E-state index contributed by atoms with van der Waals surface area (Å²) >= 11 is 0. The van der Waals surface area contributed by atoms with Gasteiger partial charge in [-0.05, 0) is 25.7 Å². The number of aliphatic hydroxyl groups is 1. The Bertz CT molecular complexity index is 307. The van der Waals surface area contributed by atoms with Crippen molar-refractivity contribution in [1.29, 1.82) is 0 Å². The largest absolute Gasteiger partial charge is 0.393 e. The topological polar surface area (TPSA) is 81.7 Å². The second-order valence-corrected chi connectivity index (χ2v) is 4.81. The van der Waals surface area contributed by atoms with E-state index < -0.39 is 6.03 Å². The zero-order valence-electron chi connectivity index (χ0n) is 9.98. The highest BCUT2D eigenvalue weighted by Gasteiger charge is 2.40. The van der Waals surface area contributed by atoms with Gasteiger partial charge in [-0.3, -0.25) is 15.0 Å². The molecular formula is C11H19N3O3. The number of nitrogens with zero attached hydrogens (tertiary/aromatic N) is 1. The Morgan fingerprint density at radius 2 is 1.88 bits per heavy atom. The van der Waals surface area contributed by atoms with Crippen molar-refractivity contribution in [3.63, 3.8) is 0 Å². The van der Waals surface area contributed by atoms with Crippen molar-refractivity contribution in [2.75, 3.05) is 13.6 Å². The minimum absolute atomic E-state index is 0.231. The lowest BCUT2D eigenvalue weighted by atomic mass is 10.00. The van der Waals surface area contributed by atoms with Crippen LogP contribution in [0.5, 0.6) is 0 Å². The number of carbonyl (C=O) groups is 2. The average Bonchev–Trinajstić information content (AvgIpc) is 2.51. The van der Waals surface area contributed by atoms with Gasteiger partial charge >= 0.3 is 6.03 Å². The van der Waals surface area contributed by atoms with Crippen LogP contribution in [-0.4, -0.2) is 53.7 Å². The molecule has 0 aliphatic carbocycles. The molecule has 2 aliphatic rings. The number of urea groups is 1. The molecule has 3 N–H and O–H groups in total. The molecule has 6 nitrogen and oxygen atoms in total. The van der Waals surface area contributed by atoms with Crippen LogP contribution in [0.3, 0.4) is 0 Å². The van der Waals surface area contributed by atoms with Gasteiger partial charge in [0.05, 0.1) is 12.6 Å². The fourth-order valence-electron chi connectivity index (χ4n) is 2.90. The van der Waals surface area contributed by atoms with Gasteiger partial charge in [-0.25, -0.2) is 4.79 Å². The maximum absolute atomic E-state index is 11.6. The Balaban J connectivity index is 1.87. The van der Waals surface area contributed by atoms with E-state index >= 15 is 0 Å². The molecule has 6 heteroatoms. The predicted octanol–water partition coefficient (Wildman–Crippen LogP) is -0.570. The molecule has 3 amide bonds. The lowest BCUT2D eigenvalue weighted by molar-refractivity contribution is -0.122.